The third kappa shape index (κ3) is 2.50. The first kappa shape index (κ1) is 10.6. The van der Waals surface area contributed by atoms with Gasteiger partial charge in [0.1, 0.15) is 13.6 Å². The molecule has 0 spiro atoms. The number of rotatable bonds is 3. The molecule has 1 rings (SSSR count). The van der Waals surface area contributed by atoms with Crippen LogP contribution in [0.2, 0.25) is 0 Å². The van der Waals surface area contributed by atoms with E-state index in [9.17, 15) is 5.11 Å². The summed E-state index contributed by atoms with van der Waals surface area (Å²) in [5, 5.41) is 9.66. The number of halogens is 1. The van der Waals surface area contributed by atoms with E-state index in [2.05, 4.69) is 29.2 Å². The predicted octanol–water partition coefficient (Wildman–Crippen LogP) is 1.31. The molecule has 0 aliphatic rings. The Kier molecular flexibility index (Phi) is 3.84. The van der Waals surface area contributed by atoms with Crippen molar-refractivity contribution in [3.63, 3.8) is 0 Å². The van der Waals surface area contributed by atoms with Crippen molar-refractivity contribution in [1.82, 2.24) is 0 Å². The van der Waals surface area contributed by atoms with Crippen LogP contribution in [0.3, 0.4) is 0 Å². The molecule has 0 atom stereocenters. The minimum Gasteiger partial charge on any atom is -0.508 e. The first-order valence-electron chi connectivity index (χ1n) is 4.17. The number of aromatic hydroxyl groups is 1. The molecule has 0 aliphatic carbocycles. The van der Waals surface area contributed by atoms with Crippen LogP contribution in [0.1, 0.15) is 11.1 Å². The Hall–Kier alpha value is -0.445. The Morgan fingerprint density at radius 3 is 2.77 bits per heavy atom. The molecule has 0 radical (unpaired) electrons. The number of hydrogen-bond acceptors (Lipinski definition) is 1. The summed E-state index contributed by atoms with van der Waals surface area (Å²) in [7, 11) is 1.93. The van der Waals surface area contributed by atoms with Crippen molar-refractivity contribution in [3.8, 4) is 5.75 Å². The number of alkyl halides is 1. The van der Waals surface area contributed by atoms with Crippen molar-refractivity contribution in [2.45, 2.75) is 10.8 Å². The van der Waals surface area contributed by atoms with Gasteiger partial charge in [0.25, 0.3) is 0 Å². The van der Waals surface area contributed by atoms with Gasteiger partial charge in [-0.05, 0) is 17.4 Å². The van der Waals surface area contributed by atoms with Crippen LogP contribution in [-0.2, 0) is 10.8 Å². The average molecular weight is 286 g/mol. The first-order chi connectivity index (χ1) is 6.19. The molecule has 13 heavy (non-hydrogen) atoms. The second kappa shape index (κ2) is 4.70. The molecule has 0 fully saturated rings. The maximum Gasteiger partial charge on any atom is 0.144 e. The van der Waals surface area contributed by atoms with Gasteiger partial charge in [-0.25, -0.2) is 0 Å². The summed E-state index contributed by atoms with van der Waals surface area (Å²) in [6.07, 6.45) is 2.74. The van der Waals surface area contributed by atoms with E-state index in [-0.39, 0.29) is 0 Å². The maximum absolute atomic E-state index is 9.66. The molecule has 0 saturated heterocycles. The highest BCUT2D eigenvalue weighted by atomic mass is 127. The van der Waals surface area contributed by atoms with Crippen LogP contribution in [0.25, 0.3) is 0 Å². The van der Waals surface area contributed by atoms with E-state index >= 15 is 0 Å². The standard InChI is InChI=1S/C10H12BIO/c1-2-3-7-4-8(6-12)10(13)9(11)5-7/h2,4-5,13H,1,3,6,11H2. The molecular formula is C10H12BIO. The molecule has 3 heteroatoms. The van der Waals surface area contributed by atoms with Gasteiger partial charge in [-0.1, -0.05) is 40.8 Å². The van der Waals surface area contributed by atoms with E-state index < -0.39 is 0 Å². The molecule has 0 bridgehead atoms. The lowest BCUT2D eigenvalue weighted by molar-refractivity contribution is 0.475. The number of allylic oxidation sites excluding steroid dienone is 1. The highest BCUT2D eigenvalue weighted by molar-refractivity contribution is 14.1. The number of hydrogen-bond donors (Lipinski definition) is 1. The van der Waals surface area contributed by atoms with Gasteiger partial charge in [0, 0.05) is 9.99 Å². The van der Waals surface area contributed by atoms with Crippen molar-refractivity contribution < 1.29 is 5.11 Å². The highest BCUT2D eigenvalue weighted by Gasteiger charge is 2.04. The van der Waals surface area contributed by atoms with Crippen LogP contribution in [0.15, 0.2) is 24.8 Å². The Morgan fingerprint density at radius 2 is 2.23 bits per heavy atom. The minimum absolute atomic E-state index is 0.433. The molecule has 1 N–H and O–H groups in total. The van der Waals surface area contributed by atoms with Gasteiger partial charge < -0.3 is 5.11 Å². The third-order valence-corrected chi connectivity index (χ3v) is 2.79. The Balaban J connectivity index is 3.13. The fourth-order valence-corrected chi connectivity index (χ4v) is 1.90. The van der Waals surface area contributed by atoms with Crippen LogP contribution >= 0.6 is 22.6 Å². The van der Waals surface area contributed by atoms with E-state index in [1.807, 2.05) is 26.1 Å². The summed E-state index contributed by atoms with van der Waals surface area (Å²) in [6, 6.07) is 4.04. The summed E-state index contributed by atoms with van der Waals surface area (Å²) in [5.41, 5.74) is 3.18. The third-order valence-electron chi connectivity index (χ3n) is 1.96. The molecule has 0 amide bonds. The quantitative estimate of drug-likeness (QED) is 0.384. The normalized spacial score (nSPS) is 9.92. The van der Waals surface area contributed by atoms with Crippen LogP contribution < -0.4 is 5.46 Å². The predicted molar refractivity (Wildman–Crippen MR) is 67.9 cm³/mol. The summed E-state index contributed by atoms with van der Waals surface area (Å²) >= 11 is 2.25. The van der Waals surface area contributed by atoms with Gasteiger partial charge >= 0.3 is 0 Å². The Bertz CT molecular complexity index is 323. The first-order valence-corrected chi connectivity index (χ1v) is 5.69. The lowest BCUT2D eigenvalue weighted by Crippen LogP contribution is -2.06. The van der Waals surface area contributed by atoms with Crippen molar-refractivity contribution in [1.29, 1.82) is 0 Å². The number of benzene rings is 1. The zero-order valence-corrected chi connectivity index (χ0v) is 9.84. The van der Waals surface area contributed by atoms with Crippen LogP contribution in [0.4, 0.5) is 0 Å². The van der Waals surface area contributed by atoms with E-state index in [1.54, 1.807) is 0 Å². The highest BCUT2D eigenvalue weighted by Crippen LogP contribution is 2.19. The van der Waals surface area contributed by atoms with Gasteiger partial charge in [-0.2, -0.15) is 0 Å². The van der Waals surface area contributed by atoms with E-state index in [0.29, 0.717) is 5.75 Å². The lowest BCUT2D eigenvalue weighted by atomic mass is 9.90. The smallest absolute Gasteiger partial charge is 0.144 e. The van der Waals surface area contributed by atoms with Crippen molar-refractivity contribution in [2.24, 2.45) is 0 Å². The molecule has 0 aliphatic heterocycles. The topological polar surface area (TPSA) is 20.2 Å². The van der Waals surface area contributed by atoms with Crippen LogP contribution in [0, 0.1) is 0 Å². The van der Waals surface area contributed by atoms with E-state index in [0.717, 1.165) is 21.9 Å². The molecule has 0 aromatic heterocycles. The SMILES string of the molecule is Bc1cc(CC=C)cc(CI)c1O. The largest absolute Gasteiger partial charge is 0.508 e. The molecule has 1 nitrogen and oxygen atoms in total. The molecule has 1 aromatic rings. The van der Waals surface area contributed by atoms with Gasteiger partial charge in [-0.15, -0.1) is 6.58 Å². The average Bonchev–Trinajstić information content (AvgIpc) is 2.11. The molecule has 0 unspecified atom stereocenters. The maximum atomic E-state index is 9.66. The summed E-state index contributed by atoms with van der Waals surface area (Å²) in [6.45, 7) is 3.70. The Morgan fingerprint density at radius 1 is 1.54 bits per heavy atom. The minimum atomic E-state index is 0.433. The molecule has 0 heterocycles. The second-order valence-electron chi connectivity index (χ2n) is 3.05. The Labute approximate surface area is 93.4 Å². The zero-order valence-electron chi connectivity index (χ0n) is 7.68. The van der Waals surface area contributed by atoms with Crippen molar-refractivity contribution >= 4 is 35.9 Å². The van der Waals surface area contributed by atoms with Gasteiger partial charge in [0.2, 0.25) is 0 Å². The van der Waals surface area contributed by atoms with Crippen molar-refractivity contribution in [2.75, 3.05) is 0 Å². The summed E-state index contributed by atoms with van der Waals surface area (Å²) in [4.78, 5) is 0. The van der Waals surface area contributed by atoms with Gasteiger partial charge in [0.05, 0.1) is 0 Å². The molecule has 1 aromatic carbocycles. The lowest BCUT2D eigenvalue weighted by Gasteiger charge is -2.07. The summed E-state index contributed by atoms with van der Waals surface area (Å²) in [5.74, 6) is 0.433. The van der Waals surface area contributed by atoms with Gasteiger partial charge in [-0.3, -0.25) is 0 Å². The number of phenolic OH excluding ortho intramolecular Hbond substituents is 1. The van der Waals surface area contributed by atoms with E-state index in [4.69, 9.17) is 0 Å². The zero-order chi connectivity index (χ0) is 9.84. The van der Waals surface area contributed by atoms with Gasteiger partial charge in [0.15, 0.2) is 0 Å². The monoisotopic (exact) mass is 286 g/mol. The molecular weight excluding hydrogens is 274 g/mol. The van der Waals surface area contributed by atoms with Crippen LogP contribution in [-0.4, -0.2) is 13.0 Å². The number of phenols is 1. The molecule has 68 valence electrons. The van der Waals surface area contributed by atoms with Crippen LogP contribution in [0.5, 0.6) is 5.75 Å². The fraction of sp³-hybridized carbons (Fsp3) is 0.200. The fourth-order valence-electron chi connectivity index (χ4n) is 1.32. The van der Waals surface area contributed by atoms with E-state index in [1.165, 1.54) is 5.56 Å². The second-order valence-corrected chi connectivity index (χ2v) is 3.81. The molecule has 0 saturated carbocycles. The summed E-state index contributed by atoms with van der Waals surface area (Å²) < 4.78 is 0.843. The van der Waals surface area contributed by atoms with Crippen molar-refractivity contribution in [3.05, 3.63) is 35.9 Å².